The van der Waals surface area contributed by atoms with E-state index in [0.717, 1.165) is 39.0 Å². The van der Waals surface area contributed by atoms with Crippen LogP contribution in [0.4, 0.5) is 0 Å². The maximum absolute atomic E-state index is 11.1. The number of carbonyl (C=O) groups is 1. The van der Waals surface area contributed by atoms with Gasteiger partial charge in [-0.15, -0.1) is 5.10 Å². The maximum atomic E-state index is 11.1. The molecule has 4 aromatic heterocycles. The first kappa shape index (κ1) is 18.7. The highest BCUT2D eigenvalue weighted by Crippen LogP contribution is 2.30. The molecule has 0 aliphatic heterocycles. The second-order valence-corrected chi connectivity index (χ2v) is 7.41. The summed E-state index contributed by atoms with van der Waals surface area (Å²) in [5.41, 5.74) is 5.58. The number of H-pyrrole nitrogens is 1. The number of nitrogens with zero attached hydrogens (tertiary/aromatic N) is 6. The third-order valence-corrected chi connectivity index (χ3v) is 5.39. The molecule has 0 aliphatic rings. The first-order chi connectivity index (χ1) is 15.0. The Balaban J connectivity index is 1.48. The van der Waals surface area contributed by atoms with E-state index in [1.165, 1.54) is 0 Å². The number of hydrogen-bond donors (Lipinski definition) is 2. The topological polar surface area (TPSA) is 115 Å². The lowest BCUT2D eigenvalue weighted by atomic mass is 10.1. The van der Waals surface area contributed by atoms with Gasteiger partial charge in [-0.25, -0.2) is 14.5 Å². The molecule has 5 rings (SSSR count). The second-order valence-electron chi connectivity index (χ2n) is 7.41. The Morgan fingerprint density at radius 2 is 1.94 bits per heavy atom. The summed E-state index contributed by atoms with van der Waals surface area (Å²) in [6.45, 7) is 1.99. The number of nitrogens with one attached hydrogen (secondary N) is 1. The molecule has 0 amide bonds. The number of aromatic nitrogens is 7. The fraction of sp³-hybridized carbons (Fsp3) is 0.136. The van der Waals surface area contributed by atoms with Crippen LogP contribution in [0.15, 0.2) is 61.3 Å². The van der Waals surface area contributed by atoms with Gasteiger partial charge >= 0.3 is 5.97 Å². The van der Waals surface area contributed by atoms with Gasteiger partial charge < -0.3 is 10.1 Å². The van der Waals surface area contributed by atoms with Crippen LogP contribution in [0, 0.1) is 0 Å². The molecule has 0 saturated carbocycles. The van der Waals surface area contributed by atoms with Crippen LogP contribution in [0.1, 0.15) is 28.9 Å². The average Bonchev–Trinajstić information content (AvgIpc) is 3.52. The first-order valence-corrected chi connectivity index (χ1v) is 9.71. The van der Waals surface area contributed by atoms with Crippen LogP contribution in [0.25, 0.3) is 33.4 Å². The summed E-state index contributed by atoms with van der Waals surface area (Å²) in [5, 5.41) is 22.9. The number of hydrogen-bond acceptors (Lipinski definition) is 5. The van der Waals surface area contributed by atoms with Gasteiger partial charge in [0.25, 0.3) is 0 Å². The number of aryl methyl sites for hydroxylation is 1. The highest BCUT2D eigenvalue weighted by atomic mass is 16.4. The Hall–Kier alpha value is -4.27. The quantitative estimate of drug-likeness (QED) is 0.456. The molecule has 1 aromatic carbocycles. The lowest BCUT2D eigenvalue weighted by molar-refractivity contribution is 0.0697. The van der Waals surface area contributed by atoms with Crippen molar-refractivity contribution < 1.29 is 9.90 Å². The minimum atomic E-state index is -0.944. The van der Waals surface area contributed by atoms with Gasteiger partial charge in [-0.05, 0) is 30.7 Å². The number of aromatic carboxylic acids is 1. The van der Waals surface area contributed by atoms with Gasteiger partial charge in [-0.1, -0.05) is 17.3 Å². The van der Waals surface area contributed by atoms with Gasteiger partial charge in [0.15, 0.2) is 0 Å². The van der Waals surface area contributed by atoms with E-state index in [-0.39, 0.29) is 11.6 Å². The van der Waals surface area contributed by atoms with Crippen LogP contribution >= 0.6 is 0 Å². The van der Waals surface area contributed by atoms with E-state index in [4.69, 9.17) is 5.11 Å². The zero-order valence-corrected chi connectivity index (χ0v) is 16.9. The van der Waals surface area contributed by atoms with Gasteiger partial charge in [0, 0.05) is 47.7 Å². The lowest BCUT2D eigenvalue weighted by Gasteiger charge is -2.11. The molecule has 0 spiro atoms. The number of carboxylic acid groups (broad SMARTS) is 1. The van der Waals surface area contributed by atoms with Crippen molar-refractivity contribution in [3.8, 4) is 22.4 Å². The maximum Gasteiger partial charge on any atom is 0.335 e. The van der Waals surface area contributed by atoms with Gasteiger partial charge in [-0.3, -0.25) is 4.68 Å². The van der Waals surface area contributed by atoms with Crippen LogP contribution in [-0.4, -0.2) is 45.8 Å². The van der Waals surface area contributed by atoms with Crippen LogP contribution in [0.2, 0.25) is 0 Å². The molecule has 31 heavy (non-hydrogen) atoms. The normalized spacial score (nSPS) is 12.3. The predicted molar refractivity (Wildman–Crippen MR) is 115 cm³/mol. The second kappa shape index (κ2) is 7.21. The summed E-state index contributed by atoms with van der Waals surface area (Å²) in [6, 6.07) is 8.75. The summed E-state index contributed by atoms with van der Waals surface area (Å²) in [7, 11) is 1.88. The highest BCUT2D eigenvalue weighted by Gasteiger charge is 2.16. The molecule has 1 unspecified atom stereocenters. The first-order valence-electron chi connectivity index (χ1n) is 9.71. The van der Waals surface area contributed by atoms with Crippen molar-refractivity contribution in [3.05, 3.63) is 72.4 Å². The van der Waals surface area contributed by atoms with Gasteiger partial charge in [-0.2, -0.15) is 5.10 Å². The summed E-state index contributed by atoms with van der Waals surface area (Å²) < 4.78 is 3.52. The predicted octanol–water partition coefficient (Wildman–Crippen LogP) is 3.53. The summed E-state index contributed by atoms with van der Waals surface area (Å²) in [6.07, 6.45) is 9.34. The number of fused-ring (bicyclic) bond motifs is 1. The van der Waals surface area contributed by atoms with Crippen molar-refractivity contribution in [3.63, 3.8) is 0 Å². The molecule has 154 valence electrons. The summed E-state index contributed by atoms with van der Waals surface area (Å²) in [4.78, 5) is 18.8. The fourth-order valence-electron chi connectivity index (χ4n) is 3.59. The molecule has 0 aliphatic carbocycles. The Bertz CT molecular complexity index is 1400. The molecule has 1 atom stereocenters. The van der Waals surface area contributed by atoms with E-state index in [0.29, 0.717) is 0 Å². The molecular formula is C22H19N7O2. The Kier molecular flexibility index (Phi) is 4.36. The molecular weight excluding hydrogens is 394 g/mol. The van der Waals surface area contributed by atoms with Crippen LogP contribution < -0.4 is 0 Å². The molecule has 9 heteroatoms. The largest absolute Gasteiger partial charge is 0.478 e. The van der Waals surface area contributed by atoms with Crippen molar-refractivity contribution in [2.24, 2.45) is 7.05 Å². The molecule has 4 heterocycles. The summed E-state index contributed by atoms with van der Waals surface area (Å²) in [5.74, 6) is -0.944. The van der Waals surface area contributed by atoms with E-state index in [1.807, 2.05) is 45.0 Å². The lowest BCUT2D eigenvalue weighted by Crippen LogP contribution is -2.08. The van der Waals surface area contributed by atoms with Crippen molar-refractivity contribution in [1.29, 1.82) is 0 Å². The molecule has 2 N–H and O–H groups in total. The molecule has 0 bridgehead atoms. The average molecular weight is 413 g/mol. The van der Waals surface area contributed by atoms with Gasteiger partial charge in [0.2, 0.25) is 0 Å². The number of pyridine rings is 1. The van der Waals surface area contributed by atoms with Crippen molar-refractivity contribution in [2.45, 2.75) is 13.0 Å². The number of carboxylic acids is 1. The zero-order valence-electron chi connectivity index (χ0n) is 16.9. The monoisotopic (exact) mass is 413 g/mol. The standard InChI is InChI=1S/C22H19N7O2/c1-13(14-3-5-15(6-4-14)22(30)31)29-12-20(26-27-29)19-10-24-21-18(19)7-16(8-23-21)17-9-25-28(2)11-17/h3-13H,1-2H3,(H,23,24)(H,30,31). The Morgan fingerprint density at radius 3 is 2.65 bits per heavy atom. The minimum absolute atomic E-state index is 0.0987. The van der Waals surface area contributed by atoms with Gasteiger partial charge in [0.05, 0.1) is 24.0 Å². The van der Waals surface area contributed by atoms with Crippen LogP contribution in [0.3, 0.4) is 0 Å². The van der Waals surface area contributed by atoms with E-state index >= 15 is 0 Å². The Morgan fingerprint density at radius 1 is 1.13 bits per heavy atom. The molecule has 0 fully saturated rings. The molecule has 0 radical (unpaired) electrons. The minimum Gasteiger partial charge on any atom is -0.478 e. The molecule has 0 saturated heterocycles. The van der Waals surface area contributed by atoms with Crippen molar-refractivity contribution in [2.75, 3.05) is 0 Å². The third-order valence-electron chi connectivity index (χ3n) is 5.39. The number of aromatic amines is 1. The summed E-state index contributed by atoms with van der Waals surface area (Å²) >= 11 is 0. The van der Waals surface area contributed by atoms with Crippen LogP contribution in [0.5, 0.6) is 0 Å². The van der Waals surface area contributed by atoms with Crippen molar-refractivity contribution in [1.82, 2.24) is 34.7 Å². The zero-order chi connectivity index (χ0) is 21.5. The highest BCUT2D eigenvalue weighted by molar-refractivity contribution is 5.94. The SMILES string of the molecule is CC(c1ccc(C(=O)O)cc1)n1cc(-c2c[nH]c3ncc(-c4cnn(C)c4)cc23)nn1. The molecule has 5 aromatic rings. The number of rotatable bonds is 5. The smallest absolute Gasteiger partial charge is 0.335 e. The molecule has 9 nitrogen and oxygen atoms in total. The van der Waals surface area contributed by atoms with Gasteiger partial charge in [0.1, 0.15) is 11.3 Å². The van der Waals surface area contributed by atoms with E-state index < -0.39 is 5.97 Å². The van der Waals surface area contributed by atoms with Crippen molar-refractivity contribution >= 4 is 17.0 Å². The van der Waals surface area contributed by atoms with E-state index in [1.54, 1.807) is 33.6 Å². The third kappa shape index (κ3) is 3.35. The van der Waals surface area contributed by atoms with E-state index in [9.17, 15) is 4.79 Å². The fourth-order valence-corrected chi connectivity index (χ4v) is 3.59. The van der Waals surface area contributed by atoms with Crippen LogP contribution in [-0.2, 0) is 7.05 Å². The number of benzene rings is 1. The van der Waals surface area contributed by atoms with E-state index in [2.05, 4.69) is 31.4 Å². The Labute approximate surface area is 177 Å².